The largest absolute Gasteiger partial charge is 0.491 e. The molecule has 0 radical (unpaired) electrons. The quantitative estimate of drug-likeness (QED) is 0.721. The van der Waals surface area contributed by atoms with Crippen LogP contribution in [0.25, 0.3) is 0 Å². The minimum absolute atomic E-state index is 0.00981. The molecule has 1 aromatic carbocycles. The van der Waals surface area contributed by atoms with Crippen LogP contribution in [0.2, 0.25) is 0 Å². The van der Waals surface area contributed by atoms with Crippen molar-refractivity contribution in [2.45, 2.75) is 45.8 Å². The molecule has 3 amide bonds. The second-order valence-corrected chi connectivity index (χ2v) is 9.36. The smallest absolute Gasteiger partial charge is 0.257 e. The van der Waals surface area contributed by atoms with Gasteiger partial charge in [0.05, 0.1) is 17.7 Å². The van der Waals surface area contributed by atoms with Gasteiger partial charge in [0, 0.05) is 64.9 Å². The van der Waals surface area contributed by atoms with Crippen LogP contribution >= 0.6 is 0 Å². The minimum Gasteiger partial charge on any atom is -0.491 e. The maximum atomic E-state index is 13.4. The first-order valence-corrected chi connectivity index (χ1v) is 11.9. The molecule has 1 N–H and O–H groups in total. The van der Waals surface area contributed by atoms with Crippen molar-refractivity contribution >= 4 is 23.4 Å². The molecule has 2 heterocycles. The molecule has 0 aliphatic carbocycles. The number of fused-ring (bicyclic) bond motifs is 1. The van der Waals surface area contributed by atoms with Crippen molar-refractivity contribution in [3.8, 4) is 5.75 Å². The van der Waals surface area contributed by atoms with Crippen molar-refractivity contribution in [1.29, 1.82) is 0 Å². The van der Waals surface area contributed by atoms with E-state index >= 15 is 0 Å². The Bertz CT molecular complexity index is 885. The molecule has 2 aliphatic heterocycles. The van der Waals surface area contributed by atoms with E-state index < -0.39 is 0 Å². The van der Waals surface area contributed by atoms with Gasteiger partial charge < -0.3 is 29.3 Å². The van der Waals surface area contributed by atoms with Gasteiger partial charge >= 0.3 is 0 Å². The van der Waals surface area contributed by atoms with Crippen LogP contribution in [0.15, 0.2) is 18.2 Å². The minimum atomic E-state index is -0.247. The normalized spacial score (nSPS) is 25.0. The van der Waals surface area contributed by atoms with Crippen molar-refractivity contribution in [2.75, 3.05) is 52.4 Å². The Labute approximate surface area is 201 Å². The lowest BCUT2D eigenvalue weighted by atomic mass is 9.99. The fraction of sp³-hybridized carbons (Fsp3) is 0.640. The van der Waals surface area contributed by atoms with E-state index in [0.717, 1.165) is 0 Å². The van der Waals surface area contributed by atoms with E-state index in [1.54, 1.807) is 49.1 Å². The zero-order valence-electron chi connectivity index (χ0n) is 20.8. The molecule has 2 aliphatic rings. The van der Waals surface area contributed by atoms with Crippen LogP contribution in [-0.2, 0) is 19.1 Å². The Hall–Kier alpha value is -2.65. The Morgan fingerprint density at radius 1 is 1.15 bits per heavy atom. The Morgan fingerprint density at radius 2 is 1.85 bits per heavy atom. The van der Waals surface area contributed by atoms with Crippen LogP contribution in [0.3, 0.4) is 0 Å². The summed E-state index contributed by atoms with van der Waals surface area (Å²) < 4.78 is 17.1. The van der Waals surface area contributed by atoms with Crippen molar-refractivity contribution in [3.63, 3.8) is 0 Å². The highest BCUT2D eigenvalue weighted by Crippen LogP contribution is 2.27. The third-order valence-corrected chi connectivity index (χ3v) is 6.71. The molecule has 188 valence electrons. The van der Waals surface area contributed by atoms with E-state index in [0.29, 0.717) is 56.1 Å². The lowest BCUT2D eigenvalue weighted by Gasteiger charge is -2.35. The molecule has 3 rings (SSSR count). The van der Waals surface area contributed by atoms with Crippen molar-refractivity contribution in [3.05, 3.63) is 23.8 Å². The summed E-state index contributed by atoms with van der Waals surface area (Å²) in [6, 6.07) is 4.91. The van der Waals surface area contributed by atoms with E-state index in [9.17, 15) is 14.4 Å². The number of rotatable bonds is 3. The summed E-state index contributed by atoms with van der Waals surface area (Å²) in [5, 5.41) is 2.94. The number of hydrogen-bond donors (Lipinski definition) is 1. The third-order valence-electron chi connectivity index (χ3n) is 6.71. The maximum absolute atomic E-state index is 13.4. The Kier molecular flexibility index (Phi) is 8.90. The zero-order valence-corrected chi connectivity index (χ0v) is 20.8. The molecular weight excluding hydrogens is 438 g/mol. The molecular formula is C25H37N3O6. The standard InChI is InChI=1S/C25H37N3O6/c1-16-13-28(18(3)29)17(2)15-34-22-7-6-20(26-24(30)19-8-10-33-11-9-19)12-21(22)25(31)27(4)14-23(16)32-5/h6-7,12,16-17,19,23H,8-11,13-15H2,1-5H3,(H,26,30)/t16-,17-,23+/m1/s1. The second-order valence-electron chi connectivity index (χ2n) is 9.36. The van der Waals surface area contributed by atoms with Crippen LogP contribution in [0, 0.1) is 11.8 Å². The summed E-state index contributed by atoms with van der Waals surface area (Å²) in [5.74, 6) is -0.00736. The number of likely N-dealkylation sites (N-methyl/N-ethyl adjacent to an activating group) is 1. The molecule has 1 aromatic rings. The van der Waals surface area contributed by atoms with Crippen molar-refractivity contribution in [2.24, 2.45) is 11.8 Å². The van der Waals surface area contributed by atoms with Gasteiger partial charge in [0.1, 0.15) is 12.4 Å². The van der Waals surface area contributed by atoms with Crippen LogP contribution in [-0.4, -0.2) is 86.7 Å². The van der Waals surface area contributed by atoms with E-state index in [-0.39, 0.29) is 48.3 Å². The van der Waals surface area contributed by atoms with E-state index in [4.69, 9.17) is 14.2 Å². The van der Waals surface area contributed by atoms with Gasteiger partial charge in [-0.1, -0.05) is 6.92 Å². The highest BCUT2D eigenvalue weighted by atomic mass is 16.5. The first-order valence-electron chi connectivity index (χ1n) is 11.9. The summed E-state index contributed by atoms with van der Waals surface area (Å²) >= 11 is 0. The molecule has 9 heteroatoms. The summed E-state index contributed by atoms with van der Waals surface area (Å²) in [4.78, 5) is 41.8. The van der Waals surface area contributed by atoms with E-state index in [2.05, 4.69) is 5.32 Å². The summed E-state index contributed by atoms with van der Waals surface area (Å²) in [7, 11) is 3.34. The third kappa shape index (κ3) is 6.27. The van der Waals surface area contributed by atoms with Gasteiger partial charge in [-0.2, -0.15) is 0 Å². The number of ether oxygens (including phenoxy) is 3. The maximum Gasteiger partial charge on any atom is 0.257 e. The van der Waals surface area contributed by atoms with Gasteiger partial charge in [0.15, 0.2) is 0 Å². The molecule has 3 atom stereocenters. The van der Waals surface area contributed by atoms with Gasteiger partial charge in [-0.3, -0.25) is 14.4 Å². The van der Waals surface area contributed by atoms with Crippen LogP contribution in [0.4, 0.5) is 5.69 Å². The molecule has 1 fully saturated rings. The van der Waals surface area contributed by atoms with E-state index in [1.807, 2.05) is 13.8 Å². The lowest BCUT2D eigenvalue weighted by molar-refractivity contribution is -0.133. The molecule has 0 saturated carbocycles. The number of amides is 3. The van der Waals surface area contributed by atoms with Gasteiger partial charge in [-0.15, -0.1) is 0 Å². The average molecular weight is 476 g/mol. The number of carbonyl (C=O) groups excluding carboxylic acids is 3. The number of benzene rings is 1. The topological polar surface area (TPSA) is 97.4 Å². The number of hydrogen-bond acceptors (Lipinski definition) is 6. The van der Waals surface area contributed by atoms with Gasteiger partial charge in [-0.25, -0.2) is 0 Å². The van der Waals surface area contributed by atoms with E-state index in [1.165, 1.54) is 0 Å². The fourth-order valence-corrected chi connectivity index (χ4v) is 4.50. The fourth-order valence-electron chi connectivity index (χ4n) is 4.50. The van der Waals surface area contributed by atoms with Gasteiger partial charge in [0.25, 0.3) is 5.91 Å². The van der Waals surface area contributed by atoms with Crippen molar-refractivity contribution < 1.29 is 28.6 Å². The molecule has 0 unspecified atom stereocenters. The summed E-state index contributed by atoms with van der Waals surface area (Å²) in [6.07, 6.45) is 1.12. The average Bonchev–Trinajstić information content (AvgIpc) is 2.83. The van der Waals surface area contributed by atoms with Crippen LogP contribution in [0.5, 0.6) is 5.75 Å². The number of methoxy groups -OCH3 is 1. The number of carbonyl (C=O) groups is 3. The lowest BCUT2D eigenvalue weighted by Crippen LogP contribution is -2.48. The Morgan fingerprint density at radius 3 is 2.50 bits per heavy atom. The molecule has 9 nitrogen and oxygen atoms in total. The molecule has 0 aromatic heterocycles. The SMILES string of the molecule is CO[C@H]1CN(C)C(=O)c2cc(NC(=O)C3CCOCC3)ccc2OC[C@@H](C)N(C(C)=O)C[C@H]1C. The van der Waals surface area contributed by atoms with Gasteiger partial charge in [-0.05, 0) is 38.0 Å². The molecule has 1 saturated heterocycles. The summed E-state index contributed by atoms with van der Waals surface area (Å²) in [6.45, 7) is 7.74. The second kappa shape index (κ2) is 11.7. The molecule has 34 heavy (non-hydrogen) atoms. The summed E-state index contributed by atoms with van der Waals surface area (Å²) in [5.41, 5.74) is 0.902. The first-order chi connectivity index (χ1) is 16.2. The highest BCUT2D eigenvalue weighted by Gasteiger charge is 2.29. The number of anilines is 1. The molecule has 0 bridgehead atoms. The Balaban J connectivity index is 1.89. The zero-order chi connectivity index (χ0) is 24.8. The number of nitrogens with zero attached hydrogens (tertiary/aromatic N) is 2. The van der Waals surface area contributed by atoms with Crippen molar-refractivity contribution in [1.82, 2.24) is 9.80 Å². The first kappa shape index (κ1) is 26.0. The molecule has 0 spiro atoms. The predicted molar refractivity (Wildman–Crippen MR) is 128 cm³/mol. The van der Waals surface area contributed by atoms with Gasteiger partial charge in [0.2, 0.25) is 11.8 Å². The monoisotopic (exact) mass is 475 g/mol. The highest BCUT2D eigenvalue weighted by molar-refractivity contribution is 5.99. The number of nitrogens with one attached hydrogen (secondary N) is 1. The van der Waals surface area contributed by atoms with Crippen LogP contribution < -0.4 is 10.1 Å². The van der Waals surface area contributed by atoms with Crippen LogP contribution in [0.1, 0.15) is 44.0 Å². The predicted octanol–water partition coefficient (Wildman–Crippen LogP) is 2.40.